The molecule has 1 nitrogen and oxygen atoms in total. The topological polar surface area (TPSA) is 3.24 Å². The molecule has 0 N–H and O–H groups in total. The first-order chi connectivity index (χ1) is 8.75. The Morgan fingerprint density at radius 3 is 2.72 bits per heavy atom. The summed E-state index contributed by atoms with van der Waals surface area (Å²) in [6.45, 7) is 7.24. The maximum absolute atomic E-state index is 2.68. The van der Waals surface area contributed by atoms with Crippen LogP contribution < -0.4 is 0 Å². The molecule has 2 heteroatoms. The van der Waals surface area contributed by atoms with Crippen molar-refractivity contribution in [2.75, 3.05) is 18.8 Å². The van der Waals surface area contributed by atoms with Crippen molar-refractivity contribution in [2.24, 2.45) is 0 Å². The summed E-state index contributed by atoms with van der Waals surface area (Å²) < 4.78 is 0. The average Bonchev–Trinajstić information content (AvgIpc) is 2.78. The Morgan fingerprint density at radius 1 is 1.28 bits per heavy atom. The highest BCUT2D eigenvalue weighted by Crippen LogP contribution is 2.49. The molecule has 0 aromatic heterocycles. The summed E-state index contributed by atoms with van der Waals surface area (Å²) in [6.07, 6.45) is 3.97. The maximum Gasteiger partial charge on any atom is 0.0110 e. The third-order valence-corrected chi connectivity index (χ3v) is 6.30. The number of benzene rings is 1. The van der Waals surface area contributed by atoms with Gasteiger partial charge in [0, 0.05) is 22.1 Å². The van der Waals surface area contributed by atoms with E-state index in [1.54, 1.807) is 5.56 Å². The van der Waals surface area contributed by atoms with E-state index in [9.17, 15) is 0 Å². The van der Waals surface area contributed by atoms with Crippen LogP contribution in [0, 0.1) is 0 Å². The molecule has 1 atom stereocenters. The van der Waals surface area contributed by atoms with Gasteiger partial charge in [0.25, 0.3) is 0 Å². The molecule has 0 amide bonds. The third-order valence-electron chi connectivity index (χ3n) is 4.93. The lowest BCUT2D eigenvalue weighted by molar-refractivity contribution is 0.129. The summed E-state index contributed by atoms with van der Waals surface area (Å²) in [5.41, 5.74) is 2.13. The van der Waals surface area contributed by atoms with Gasteiger partial charge in [-0.3, -0.25) is 0 Å². The highest BCUT2D eigenvalue weighted by atomic mass is 32.2. The zero-order chi connectivity index (χ0) is 12.6. The molecule has 18 heavy (non-hydrogen) atoms. The number of hydrogen-bond acceptors (Lipinski definition) is 2. The summed E-state index contributed by atoms with van der Waals surface area (Å²) >= 11 is 2.07. The lowest BCUT2D eigenvalue weighted by atomic mass is 9.74. The highest BCUT2D eigenvalue weighted by molar-refractivity contribution is 7.99. The van der Waals surface area contributed by atoms with Crippen LogP contribution in [-0.2, 0) is 5.41 Å². The number of rotatable bonds is 2. The Morgan fingerprint density at radius 2 is 2.00 bits per heavy atom. The molecule has 2 heterocycles. The molecule has 1 saturated heterocycles. The molecule has 1 fully saturated rings. The molecule has 2 aliphatic rings. The molecule has 2 aliphatic heterocycles. The smallest absolute Gasteiger partial charge is 0.0110 e. The van der Waals surface area contributed by atoms with Crippen LogP contribution in [-0.4, -0.2) is 29.8 Å². The Labute approximate surface area is 115 Å². The molecule has 1 unspecified atom stereocenters. The van der Waals surface area contributed by atoms with E-state index < -0.39 is 0 Å². The lowest BCUT2D eigenvalue weighted by Crippen LogP contribution is -2.46. The molecule has 98 valence electrons. The van der Waals surface area contributed by atoms with E-state index in [0.717, 1.165) is 6.04 Å². The van der Waals surface area contributed by atoms with Crippen LogP contribution in [0.4, 0.5) is 0 Å². The Kier molecular flexibility index (Phi) is 3.42. The SMILES string of the molecule is CCC(C)N1CCC2(CC1)CSc1ccccc12. The number of likely N-dealkylation sites (tertiary alicyclic amines) is 1. The molecule has 0 saturated carbocycles. The Balaban J connectivity index is 1.77. The second kappa shape index (κ2) is 4.90. The van der Waals surface area contributed by atoms with Gasteiger partial charge in [-0.05, 0) is 50.9 Å². The number of thioether (sulfide) groups is 1. The summed E-state index contributed by atoms with van der Waals surface area (Å²) in [5, 5.41) is 0. The predicted octanol–water partition coefficient (Wildman–Crippen LogP) is 3.92. The van der Waals surface area contributed by atoms with E-state index in [1.165, 1.54) is 43.0 Å². The van der Waals surface area contributed by atoms with Crippen LogP contribution in [0.1, 0.15) is 38.7 Å². The average molecular weight is 261 g/mol. The van der Waals surface area contributed by atoms with Crippen molar-refractivity contribution in [1.82, 2.24) is 4.90 Å². The van der Waals surface area contributed by atoms with Crippen molar-refractivity contribution in [2.45, 2.75) is 49.5 Å². The maximum atomic E-state index is 2.68. The molecule has 1 aromatic carbocycles. The van der Waals surface area contributed by atoms with Crippen molar-refractivity contribution in [1.29, 1.82) is 0 Å². The van der Waals surface area contributed by atoms with E-state index in [2.05, 4.69) is 54.8 Å². The van der Waals surface area contributed by atoms with Crippen LogP contribution in [0.2, 0.25) is 0 Å². The zero-order valence-electron chi connectivity index (χ0n) is 11.5. The quantitative estimate of drug-likeness (QED) is 0.793. The number of hydrogen-bond donors (Lipinski definition) is 0. The first kappa shape index (κ1) is 12.6. The summed E-state index contributed by atoms with van der Waals surface area (Å²) in [6, 6.07) is 9.82. The molecule has 3 rings (SSSR count). The van der Waals surface area contributed by atoms with E-state index in [0.29, 0.717) is 5.41 Å². The predicted molar refractivity (Wildman–Crippen MR) is 79.4 cm³/mol. The largest absolute Gasteiger partial charge is 0.301 e. The van der Waals surface area contributed by atoms with Crippen molar-refractivity contribution in [3.8, 4) is 0 Å². The van der Waals surface area contributed by atoms with Gasteiger partial charge in [-0.1, -0.05) is 25.1 Å². The van der Waals surface area contributed by atoms with Crippen molar-refractivity contribution >= 4 is 11.8 Å². The van der Waals surface area contributed by atoms with Gasteiger partial charge >= 0.3 is 0 Å². The number of nitrogens with zero attached hydrogens (tertiary/aromatic N) is 1. The summed E-state index contributed by atoms with van der Waals surface area (Å²) in [7, 11) is 0. The van der Waals surface area contributed by atoms with Crippen LogP contribution in [0.15, 0.2) is 29.2 Å². The van der Waals surface area contributed by atoms with Gasteiger partial charge < -0.3 is 4.90 Å². The molecule has 1 spiro atoms. The van der Waals surface area contributed by atoms with Gasteiger partial charge in [-0.25, -0.2) is 0 Å². The minimum atomic E-state index is 0.491. The van der Waals surface area contributed by atoms with Gasteiger partial charge in [0.2, 0.25) is 0 Å². The fourth-order valence-corrected chi connectivity index (χ4v) is 4.88. The minimum Gasteiger partial charge on any atom is -0.301 e. The molecular weight excluding hydrogens is 238 g/mol. The lowest BCUT2D eigenvalue weighted by Gasteiger charge is -2.42. The third kappa shape index (κ3) is 2.00. The minimum absolute atomic E-state index is 0.491. The van der Waals surface area contributed by atoms with Crippen molar-refractivity contribution in [3.05, 3.63) is 29.8 Å². The van der Waals surface area contributed by atoms with Gasteiger partial charge in [0.1, 0.15) is 0 Å². The fraction of sp³-hybridized carbons (Fsp3) is 0.625. The van der Waals surface area contributed by atoms with Crippen LogP contribution in [0.3, 0.4) is 0 Å². The number of fused-ring (bicyclic) bond motifs is 2. The normalized spacial score (nSPS) is 24.1. The van der Waals surface area contributed by atoms with Gasteiger partial charge in [-0.2, -0.15) is 0 Å². The molecule has 1 aromatic rings. The summed E-state index contributed by atoms with van der Waals surface area (Å²) in [4.78, 5) is 4.21. The summed E-state index contributed by atoms with van der Waals surface area (Å²) in [5.74, 6) is 1.31. The monoisotopic (exact) mass is 261 g/mol. The van der Waals surface area contributed by atoms with Crippen molar-refractivity contribution in [3.63, 3.8) is 0 Å². The molecule has 0 bridgehead atoms. The van der Waals surface area contributed by atoms with Crippen LogP contribution in [0.25, 0.3) is 0 Å². The zero-order valence-corrected chi connectivity index (χ0v) is 12.3. The second-order valence-electron chi connectivity index (χ2n) is 5.86. The van der Waals surface area contributed by atoms with Gasteiger partial charge in [0.05, 0.1) is 0 Å². The van der Waals surface area contributed by atoms with Gasteiger partial charge in [-0.15, -0.1) is 11.8 Å². The molecule has 0 radical (unpaired) electrons. The second-order valence-corrected chi connectivity index (χ2v) is 6.88. The van der Waals surface area contributed by atoms with Crippen molar-refractivity contribution < 1.29 is 0 Å². The first-order valence-corrected chi connectivity index (χ1v) is 8.20. The Bertz CT molecular complexity index is 421. The standard InChI is InChI=1S/C16H23NS/c1-3-13(2)17-10-8-16(9-11-17)12-18-15-7-5-4-6-14(15)16/h4-7,13H,3,8-12H2,1-2H3. The van der Waals surface area contributed by atoms with Crippen LogP contribution in [0.5, 0.6) is 0 Å². The van der Waals surface area contributed by atoms with E-state index in [-0.39, 0.29) is 0 Å². The number of piperidine rings is 1. The van der Waals surface area contributed by atoms with E-state index >= 15 is 0 Å². The Hall–Kier alpha value is -0.470. The first-order valence-electron chi connectivity index (χ1n) is 7.21. The van der Waals surface area contributed by atoms with E-state index in [4.69, 9.17) is 0 Å². The van der Waals surface area contributed by atoms with Crippen LogP contribution >= 0.6 is 11.8 Å². The molecular formula is C16H23NS. The van der Waals surface area contributed by atoms with Gasteiger partial charge in [0.15, 0.2) is 0 Å². The molecule has 0 aliphatic carbocycles. The van der Waals surface area contributed by atoms with E-state index in [1.807, 2.05) is 0 Å². The highest BCUT2D eigenvalue weighted by Gasteiger charge is 2.41. The fourth-order valence-electron chi connectivity index (χ4n) is 3.39.